The molecule has 126 valence electrons. The third-order valence-corrected chi connectivity index (χ3v) is 5.39. The van der Waals surface area contributed by atoms with Crippen molar-refractivity contribution >= 4 is 44.9 Å². The van der Waals surface area contributed by atoms with Crippen molar-refractivity contribution in [1.82, 2.24) is 20.0 Å². The highest BCUT2D eigenvalue weighted by molar-refractivity contribution is 7.21. The van der Waals surface area contributed by atoms with Gasteiger partial charge in [-0.2, -0.15) is 5.10 Å². The SMILES string of the molecule is Cc1cc(-c2nnc(NC(=O)c3sc4ccccc4c3Cl)o2)nn1C. The Morgan fingerprint density at radius 1 is 1.32 bits per heavy atom. The van der Waals surface area contributed by atoms with E-state index in [9.17, 15) is 4.79 Å². The van der Waals surface area contributed by atoms with Gasteiger partial charge in [-0.25, -0.2) is 0 Å². The summed E-state index contributed by atoms with van der Waals surface area (Å²) in [5.74, 6) is -0.153. The second-order valence-corrected chi connectivity index (χ2v) is 6.83. The first kappa shape index (κ1) is 15.8. The van der Waals surface area contributed by atoms with E-state index in [1.165, 1.54) is 11.3 Å². The number of nitrogens with zero attached hydrogens (tertiary/aromatic N) is 4. The molecule has 3 heterocycles. The van der Waals surface area contributed by atoms with E-state index in [4.69, 9.17) is 16.0 Å². The van der Waals surface area contributed by atoms with Crippen LogP contribution in [-0.4, -0.2) is 25.9 Å². The fourth-order valence-corrected chi connectivity index (χ4v) is 3.77. The molecule has 0 radical (unpaired) electrons. The van der Waals surface area contributed by atoms with Crippen molar-refractivity contribution < 1.29 is 9.21 Å². The molecule has 0 saturated carbocycles. The minimum Gasteiger partial charge on any atom is -0.401 e. The predicted octanol–water partition coefficient (Wildman–Crippen LogP) is 3.90. The standard InChI is InChI=1S/C16H12ClN5O2S/c1-8-7-10(21-22(8)2)15-19-20-16(24-15)18-14(23)13-12(17)9-5-3-4-6-11(9)25-13/h3-7H,1-2H3,(H,18,20,23). The monoisotopic (exact) mass is 373 g/mol. The lowest BCUT2D eigenvalue weighted by Crippen LogP contribution is -2.10. The number of carbonyl (C=O) groups excluding carboxylic acids is 1. The van der Waals surface area contributed by atoms with Crippen molar-refractivity contribution in [3.8, 4) is 11.6 Å². The number of aromatic nitrogens is 4. The highest BCUT2D eigenvalue weighted by Crippen LogP contribution is 2.35. The third-order valence-electron chi connectivity index (χ3n) is 3.72. The zero-order valence-corrected chi connectivity index (χ0v) is 14.9. The fraction of sp³-hybridized carbons (Fsp3) is 0.125. The molecule has 0 unspecified atom stereocenters. The first-order chi connectivity index (χ1) is 12.0. The number of thiophene rings is 1. The van der Waals surface area contributed by atoms with Gasteiger partial charge in [-0.3, -0.25) is 14.8 Å². The van der Waals surface area contributed by atoms with E-state index in [0.717, 1.165) is 15.8 Å². The number of anilines is 1. The summed E-state index contributed by atoms with van der Waals surface area (Å²) in [4.78, 5) is 12.9. The van der Waals surface area contributed by atoms with Crippen LogP contribution in [0.2, 0.25) is 5.02 Å². The Kier molecular flexibility index (Phi) is 3.78. The Hall–Kier alpha value is -2.71. The van der Waals surface area contributed by atoms with Gasteiger partial charge in [0.2, 0.25) is 0 Å². The maximum atomic E-state index is 12.5. The predicted molar refractivity (Wildman–Crippen MR) is 96.0 cm³/mol. The van der Waals surface area contributed by atoms with Crippen molar-refractivity contribution in [2.45, 2.75) is 6.92 Å². The average molecular weight is 374 g/mol. The second-order valence-electron chi connectivity index (χ2n) is 5.40. The van der Waals surface area contributed by atoms with Crippen molar-refractivity contribution in [2.75, 3.05) is 5.32 Å². The number of amides is 1. The van der Waals surface area contributed by atoms with Crippen LogP contribution in [-0.2, 0) is 7.05 Å². The molecule has 0 aliphatic rings. The summed E-state index contributed by atoms with van der Waals surface area (Å²) < 4.78 is 8.12. The number of rotatable bonds is 3. The van der Waals surface area contributed by atoms with Crippen LogP contribution in [0.5, 0.6) is 0 Å². The minimum atomic E-state index is -0.390. The van der Waals surface area contributed by atoms with E-state index >= 15 is 0 Å². The van der Waals surface area contributed by atoms with Crippen molar-refractivity contribution in [2.24, 2.45) is 7.05 Å². The van der Waals surface area contributed by atoms with Gasteiger partial charge >= 0.3 is 6.01 Å². The van der Waals surface area contributed by atoms with E-state index in [2.05, 4.69) is 20.6 Å². The molecule has 1 amide bonds. The number of benzene rings is 1. The molecule has 0 fully saturated rings. The molecule has 0 aliphatic carbocycles. The molecule has 1 N–H and O–H groups in total. The highest BCUT2D eigenvalue weighted by Gasteiger charge is 2.20. The molecule has 25 heavy (non-hydrogen) atoms. The molecule has 9 heteroatoms. The van der Waals surface area contributed by atoms with Crippen LogP contribution in [0.1, 0.15) is 15.4 Å². The molecule has 0 atom stereocenters. The number of fused-ring (bicyclic) bond motifs is 1. The molecule has 1 aromatic carbocycles. The first-order valence-corrected chi connectivity index (χ1v) is 8.55. The van der Waals surface area contributed by atoms with Crippen LogP contribution in [0.25, 0.3) is 21.7 Å². The summed E-state index contributed by atoms with van der Waals surface area (Å²) in [6.07, 6.45) is 0. The van der Waals surface area contributed by atoms with Crippen molar-refractivity contribution in [1.29, 1.82) is 0 Å². The topological polar surface area (TPSA) is 85.8 Å². The summed E-state index contributed by atoms with van der Waals surface area (Å²) in [6.45, 7) is 1.92. The molecule has 0 bridgehead atoms. The van der Waals surface area contributed by atoms with Crippen LogP contribution >= 0.6 is 22.9 Å². The number of aryl methyl sites for hydroxylation is 2. The Bertz CT molecular complexity index is 1080. The van der Waals surface area contributed by atoms with Crippen molar-refractivity contribution in [3.05, 3.63) is 45.9 Å². The lowest BCUT2D eigenvalue weighted by atomic mass is 10.2. The van der Waals surface area contributed by atoms with E-state index in [1.807, 2.05) is 44.3 Å². The summed E-state index contributed by atoms with van der Waals surface area (Å²) in [5, 5.41) is 15.9. The summed E-state index contributed by atoms with van der Waals surface area (Å²) in [7, 11) is 1.82. The molecule has 4 rings (SSSR count). The third kappa shape index (κ3) is 2.79. The van der Waals surface area contributed by atoms with E-state index in [0.29, 0.717) is 15.6 Å². The fourth-order valence-electron chi connectivity index (χ4n) is 2.36. The first-order valence-electron chi connectivity index (χ1n) is 7.36. The zero-order chi connectivity index (χ0) is 17.6. The lowest BCUT2D eigenvalue weighted by molar-refractivity contribution is 0.102. The lowest BCUT2D eigenvalue weighted by Gasteiger charge is -1.97. The van der Waals surface area contributed by atoms with Gasteiger partial charge in [-0.15, -0.1) is 16.4 Å². The minimum absolute atomic E-state index is 0.00294. The highest BCUT2D eigenvalue weighted by atomic mass is 35.5. The largest absolute Gasteiger partial charge is 0.401 e. The van der Waals surface area contributed by atoms with Crippen LogP contribution in [0.4, 0.5) is 6.01 Å². The maximum absolute atomic E-state index is 12.5. The summed E-state index contributed by atoms with van der Waals surface area (Å²) >= 11 is 7.62. The van der Waals surface area contributed by atoms with Gasteiger partial charge in [0, 0.05) is 22.8 Å². The van der Waals surface area contributed by atoms with Crippen LogP contribution < -0.4 is 5.32 Å². The molecule has 0 spiro atoms. The quantitative estimate of drug-likeness (QED) is 0.588. The Morgan fingerprint density at radius 2 is 2.12 bits per heavy atom. The van der Waals surface area contributed by atoms with Crippen molar-refractivity contribution in [3.63, 3.8) is 0 Å². The molecule has 7 nitrogen and oxygen atoms in total. The maximum Gasteiger partial charge on any atom is 0.322 e. The number of carbonyl (C=O) groups is 1. The van der Waals surface area contributed by atoms with Crippen LogP contribution in [0, 0.1) is 6.92 Å². The zero-order valence-electron chi connectivity index (χ0n) is 13.3. The molecule has 0 saturated heterocycles. The number of hydrogen-bond acceptors (Lipinski definition) is 6. The number of halogens is 1. The molecular weight excluding hydrogens is 362 g/mol. The van der Waals surface area contributed by atoms with Gasteiger partial charge in [0.25, 0.3) is 11.8 Å². The van der Waals surface area contributed by atoms with Gasteiger partial charge in [-0.05, 0) is 19.1 Å². The van der Waals surface area contributed by atoms with Crippen LogP contribution in [0.3, 0.4) is 0 Å². The second kappa shape index (κ2) is 5.98. The van der Waals surface area contributed by atoms with E-state index in [-0.39, 0.29) is 11.9 Å². The van der Waals surface area contributed by atoms with Gasteiger partial charge < -0.3 is 4.42 Å². The molecule has 4 aromatic rings. The van der Waals surface area contributed by atoms with E-state index in [1.54, 1.807) is 4.68 Å². The van der Waals surface area contributed by atoms with Gasteiger partial charge in [0.1, 0.15) is 10.6 Å². The van der Waals surface area contributed by atoms with E-state index < -0.39 is 5.91 Å². The number of hydrogen-bond donors (Lipinski definition) is 1. The average Bonchev–Trinajstić information content (AvgIpc) is 3.27. The van der Waals surface area contributed by atoms with Gasteiger partial charge in [-0.1, -0.05) is 34.9 Å². The van der Waals surface area contributed by atoms with Crippen LogP contribution in [0.15, 0.2) is 34.7 Å². The summed E-state index contributed by atoms with van der Waals surface area (Å²) in [6, 6.07) is 9.38. The Balaban J connectivity index is 1.59. The smallest absolute Gasteiger partial charge is 0.322 e. The summed E-state index contributed by atoms with van der Waals surface area (Å²) in [5.41, 5.74) is 1.50. The number of nitrogens with one attached hydrogen (secondary N) is 1. The normalized spacial score (nSPS) is 11.2. The Morgan fingerprint density at radius 3 is 2.84 bits per heavy atom. The molecule has 3 aromatic heterocycles. The Labute approximate surface area is 151 Å². The van der Waals surface area contributed by atoms with Gasteiger partial charge in [0.15, 0.2) is 0 Å². The molecule has 0 aliphatic heterocycles. The van der Waals surface area contributed by atoms with Gasteiger partial charge in [0.05, 0.1) is 5.02 Å². The molecular formula is C16H12ClN5O2S.